The minimum Gasteiger partial charge on any atom is -0.477 e. The van der Waals surface area contributed by atoms with E-state index < -0.39 is 6.10 Å². The topological polar surface area (TPSA) is 58.6 Å². The molecule has 5 nitrogen and oxygen atoms in total. The number of carbonyl (C=O) groups is 2. The normalized spacial score (nSPS) is 16.1. The van der Waals surface area contributed by atoms with Gasteiger partial charge in [-0.2, -0.15) is 0 Å². The van der Waals surface area contributed by atoms with Crippen LogP contribution in [0.15, 0.2) is 42.5 Å². The molecule has 124 valence electrons. The number of aryl methyl sites for hydroxylation is 2. The van der Waals surface area contributed by atoms with Crippen molar-refractivity contribution in [1.82, 2.24) is 5.32 Å². The van der Waals surface area contributed by atoms with Gasteiger partial charge in [0.1, 0.15) is 5.75 Å². The summed E-state index contributed by atoms with van der Waals surface area (Å²) in [5.41, 5.74) is 3.25. The molecule has 0 aliphatic carbocycles. The second-order valence-electron chi connectivity index (χ2n) is 5.92. The number of rotatable bonds is 2. The number of carbonyl (C=O) groups excluding carboxylic acids is 2. The first-order valence-electron chi connectivity index (χ1n) is 7.87. The molecule has 0 aromatic heterocycles. The van der Waals surface area contributed by atoms with Crippen LogP contribution >= 0.6 is 0 Å². The van der Waals surface area contributed by atoms with Gasteiger partial charge in [0, 0.05) is 12.6 Å². The molecule has 1 aliphatic rings. The van der Waals surface area contributed by atoms with Gasteiger partial charge in [-0.05, 0) is 37.6 Å². The molecule has 2 aromatic carbocycles. The fourth-order valence-electron chi connectivity index (χ4n) is 2.84. The Morgan fingerprint density at radius 3 is 2.67 bits per heavy atom. The molecule has 1 heterocycles. The summed E-state index contributed by atoms with van der Waals surface area (Å²) < 4.78 is 5.75. The fraction of sp³-hybridized carbons (Fsp3) is 0.263. The molecule has 24 heavy (non-hydrogen) atoms. The van der Waals surface area contributed by atoms with Gasteiger partial charge in [0.25, 0.3) is 11.8 Å². The van der Waals surface area contributed by atoms with Gasteiger partial charge >= 0.3 is 0 Å². The number of hydrogen-bond acceptors (Lipinski definition) is 3. The Balaban J connectivity index is 2.03. The van der Waals surface area contributed by atoms with E-state index in [1.807, 2.05) is 50.2 Å². The van der Waals surface area contributed by atoms with Crippen molar-refractivity contribution in [3.63, 3.8) is 0 Å². The van der Waals surface area contributed by atoms with Gasteiger partial charge in [-0.3, -0.25) is 9.59 Å². The lowest BCUT2D eigenvalue weighted by Crippen LogP contribution is -2.50. The minimum atomic E-state index is -0.723. The standard InChI is InChI=1S/C19H20N2O3/c1-12-8-9-13(2)14(10-12)19(23)21-11-17(18(22)20-3)24-16-7-5-4-6-15(16)21/h4-10,17H,11H2,1-3H3,(H,20,22)/t17-/m0/s1. The van der Waals surface area contributed by atoms with Crippen LogP contribution in [0.4, 0.5) is 5.69 Å². The maximum Gasteiger partial charge on any atom is 0.262 e. The van der Waals surface area contributed by atoms with Crippen LogP contribution in [0.3, 0.4) is 0 Å². The van der Waals surface area contributed by atoms with Gasteiger partial charge in [-0.15, -0.1) is 0 Å². The number of amides is 2. The van der Waals surface area contributed by atoms with Crippen molar-refractivity contribution in [3.8, 4) is 5.75 Å². The third-order valence-corrected chi connectivity index (χ3v) is 4.18. The molecule has 0 unspecified atom stereocenters. The molecule has 0 spiro atoms. The average molecular weight is 324 g/mol. The zero-order chi connectivity index (χ0) is 17.3. The Morgan fingerprint density at radius 2 is 1.92 bits per heavy atom. The highest BCUT2D eigenvalue weighted by atomic mass is 16.5. The molecule has 1 atom stereocenters. The van der Waals surface area contributed by atoms with Crippen molar-refractivity contribution >= 4 is 17.5 Å². The minimum absolute atomic E-state index is 0.124. The molecule has 2 aromatic rings. The van der Waals surface area contributed by atoms with Crippen molar-refractivity contribution < 1.29 is 14.3 Å². The largest absolute Gasteiger partial charge is 0.477 e. The van der Waals surface area contributed by atoms with E-state index in [0.717, 1.165) is 11.1 Å². The Hall–Kier alpha value is -2.82. The molecule has 0 bridgehead atoms. The SMILES string of the molecule is CNC(=O)[C@@H]1CN(C(=O)c2cc(C)ccc2C)c2ccccc2O1. The number of anilines is 1. The first kappa shape index (κ1) is 16.1. The van der Waals surface area contributed by atoms with E-state index in [9.17, 15) is 9.59 Å². The number of likely N-dealkylation sites (N-methyl/N-ethyl adjacent to an activating group) is 1. The molecular formula is C19H20N2O3. The molecular weight excluding hydrogens is 304 g/mol. The third kappa shape index (κ3) is 2.85. The van der Waals surface area contributed by atoms with E-state index >= 15 is 0 Å². The molecule has 3 rings (SSSR count). The predicted molar refractivity (Wildman–Crippen MR) is 92.5 cm³/mol. The van der Waals surface area contributed by atoms with E-state index in [4.69, 9.17) is 4.74 Å². The number of benzene rings is 2. The van der Waals surface area contributed by atoms with Gasteiger partial charge in [0.15, 0.2) is 6.10 Å². The summed E-state index contributed by atoms with van der Waals surface area (Å²) in [5, 5.41) is 2.58. The van der Waals surface area contributed by atoms with Crippen LogP contribution < -0.4 is 15.0 Å². The van der Waals surface area contributed by atoms with Gasteiger partial charge in [-0.25, -0.2) is 0 Å². The van der Waals surface area contributed by atoms with Crippen LogP contribution in [0.2, 0.25) is 0 Å². The molecule has 1 aliphatic heterocycles. The molecule has 0 radical (unpaired) electrons. The molecule has 0 fully saturated rings. The molecule has 0 saturated carbocycles. The van der Waals surface area contributed by atoms with E-state index in [2.05, 4.69) is 5.32 Å². The Kier molecular flexibility index (Phi) is 4.25. The fourth-order valence-corrected chi connectivity index (χ4v) is 2.84. The smallest absolute Gasteiger partial charge is 0.262 e. The van der Waals surface area contributed by atoms with Crippen molar-refractivity contribution in [2.75, 3.05) is 18.5 Å². The summed E-state index contributed by atoms with van der Waals surface area (Å²) >= 11 is 0. The van der Waals surface area contributed by atoms with Crippen molar-refractivity contribution in [1.29, 1.82) is 0 Å². The molecule has 1 N–H and O–H groups in total. The second kappa shape index (κ2) is 6.35. The van der Waals surface area contributed by atoms with E-state index in [0.29, 0.717) is 17.0 Å². The number of fused-ring (bicyclic) bond motifs is 1. The zero-order valence-corrected chi connectivity index (χ0v) is 14.0. The van der Waals surface area contributed by atoms with E-state index in [-0.39, 0.29) is 18.4 Å². The number of para-hydroxylation sites is 2. The third-order valence-electron chi connectivity index (χ3n) is 4.18. The first-order chi connectivity index (χ1) is 11.5. The second-order valence-corrected chi connectivity index (χ2v) is 5.92. The summed E-state index contributed by atoms with van der Waals surface area (Å²) in [4.78, 5) is 26.8. The predicted octanol–water partition coefficient (Wildman–Crippen LogP) is 2.46. The van der Waals surface area contributed by atoms with E-state index in [1.165, 1.54) is 0 Å². The Labute approximate surface area is 141 Å². The summed E-state index contributed by atoms with van der Waals surface area (Å²) in [7, 11) is 1.56. The molecule has 5 heteroatoms. The van der Waals surface area contributed by atoms with Gasteiger partial charge < -0.3 is 15.0 Å². The lowest BCUT2D eigenvalue weighted by Gasteiger charge is -2.34. The zero-order valence-electron chi connectivity index (χ0n) is 14.0. The van der Waals surface area contributed by atoms with Gasteiger partial charge in [0.2, 0.25) is 0 Å². The first-order valence-corrected chi connectivity index (χ1v) is 7.87. The van der Waals surface area contributed by atoms with Gasteiger partial charge in [-0.1, -0.05) is 29.8 Å². The summed E-state index contributed by atoms with van der Waals surface area (Å²) in [6, 6.07) is 13.1. The maximum atomic E-state index is 13.1. The summed E-state index contributed by atoms with van der Waals surface area (Å²) in [6.45, 7) is 4.05. The van der Waals surface area contributed by atoms with Gasteiger partial charge in [0.05, 0.1) is 12.2 Å². The van der Waals surface area contributed by atoms with Crippen LogP contribution in [-0.4, -0.2) is 31.5 Å². The molecule has 2 amide bonds. The average Bonchev–Trinajstić information content (AvgIpc) is 2.61. The highest BCUT2D eigenvalue weighted by Crippen LogP contribution is 2.34. The van der Waals surface area contributed by atoms with Crippen LogP contribution in [0, 0.1) is 13.8 Å². The van der Waals surface area contributed by atoms with Crippen molar-refractivity contribution in [2.24, 2.45) is 0 Å². The number of hydrogen-bond donors (Lipinski definition) is 1. The van der Waals surface area contributed by atoms with Crippen molar-refractivity contribution in [2.45, 2.75) is 20.0 Å². The molecule has 0 saturated heterocycles. The van der Waals surface area contributed by atoms with Crippen LogP contribution in [-0.2, 0) is 4.79 Å². The van der Waals surface area contributed by atoms with Crippen LogP contribution in [0.25, 0.3) is 0 Å². The number of nitrogens with one attached hydrogen (secondary N) is 1. The van der Waals surface area contributed by atoms with E-state index in [1.54, 1.807) is 18.0 Å². The maximum absolute atomic E-state index is 13.1. The van der Waals surface area contributed by atoms with Crippen molar-refractivity contribution in [3.05, 3.63) is 59.2 Å². The summed E-state index contributed by atoms with van der Waals surface area (Å²) in [5.74, 6) is 0.167. The highest BCUT2D eigenvalue weighted by Gasteiger charge is 2.34. The summed E-state index contributed by atoms with van der Waals surface area (Å²) in [6.07, 6.45) is -0.723. The monoisotopic (exact) mass is 324 g/mol. The van der Waals surface area contributed by atoms with Crippen LogP contribution in [0.5, 0.6) is 5.75 Å². The quantitative estimate of drug-likeness (QED) is 0.923. The Morgan fingerprint density at radius 1 is 1.17 bits per heavy atom. The Bertz CT molecular complexity index is 801. The number of ether oxygens (including phenoxy) is 1. The highest BCUT2D eigenvalue weighted by molar-refractivity contribution is 6.08. The lowest BCUT2D eigenvalue weighted by atomic mass is 10.0. The number of nitrogens with zero attached hydrogens (tertiary/aromatic N) is 1. The van der Waals surface area contributed by atoms with Crippen LogP contribution in [0.1, 0.15) is 21.5 Å². The lowest BCUT2D eigenvalue weighted by molar-refractivity contribution is -0.127.